The number of carbonyl (C=O) groups excluding carboxylic acids is 1. The van der Waals surface area contributed by atoms with E-state index in [-0.39, 0.29) is 12.2 Å². The van der Waals surface area contributed by atoms with E-state index in [1.165, 1.54) is 19.2 Å². The summed E-state index contributed by atoms with van der Waals surface area (Å²) in [5.74, 6) is -0.233. The van der Waals surface area contributed by atoms with Crippen molar-refractivity contribution >= 4 is 5.78 Å². The van der Waals surface area contributed by atoms with Gasteiger partial charge >= 0.3 is 0 Å². The van der Waals surface area contributed by atoms with Crippen LogP contribution in [-0.4, -0.2) is 18.0 Å². The molecular weight excluding hydrogens is 275 g/mol. The van der Waals surface area contributed by atoms with E-state index in [0.29, 0.717) is 22.6 Å². The number of phenols is 1. The second kappa shape index (κ2) is 5.09. The Kier molecular flexibility index (Phi) is 3.25. The first-order valence-corrected chi connectivity index (χ1v) is 6.45. The molecule has 0 aromatic heterocycles. The SMILES string of the molecule is COc1ccc2c(c1)OC(c1ccc(O)c(F)c1)CC2=O. The third-order valence-electron chi connectivity index (χ3n) is 3.47. The van der Waals surface area contributed by atoms with Crippen LogP contribution >= 0.6 is 0 Å². The molecule has 5 heteroatoms. The molecule has 0 aliphatic carbocycles. The molecule has 4 nitrogen and oxygen atoms in total. The highest BCUT2D eigenvalue weighted by atomic mass is 19.1. The summed E-state index contributed by atoms with van der Waals surface area (Å²) in [5.41, 5.74) is 0.999. The summed E-state index contributed by atoms with van der Waals surface area (Å²) in [5, 5.41) is 9.22. The molecule has 1 aliphatic heterocycles. The average Bonchev–Trinajstić information content (AvgIpc) is 2.49. The van der Waals surface area contributed by atoms with Gasteiger partial charge in [-0.3, -0.25) is 4.79 Å². The van der Waals surface area contributed by atoms with Gasteiger partial charge in [-0.25, -0.2) is 4.39 Å². The molecule has 108 valence electrons. The first-order valence-electron chi connectivity index (χ1n) is 6.45. The molecule has 2 aromatic rings. The molecule has 3 rings (SSSR count). The molecule has 1 aliphatic rings. The van der Waals surface area contributed by atoms with Crippen LogP contribution in [0.15, 0.2) is 36.4 Å². The molecule has 0 saturated heterocycles. The maximum atomic E-state index is 13.4. The van der Waals surface area contributed by atoms with E-state index in [1.54, 1.807) is 24.3 Å². The fourth-order valence-electron chi connectivity index (χ4n) is 2.34. The molecule has 0 spiro atoms. The summed E-state index contributed by atoms with van der Waals surface area (Å²) in [6.45, 7) is 0. The number of rotatable bonds is 2. The number of phenolic OH excluding ortho intramolecular Hbond substituents is 1. The van der Waals surface area contributed by atoms with Crippen LogP contribution in [-0.2, 0) is 0 Å². The summed E-state index contributed by atoms with van der Waals surface area (Å²) in [7, 11) is 1.53. The Balaban J connectivity index is 1.96. The van der Waals surface area contributed by atoms with E-state index < -0.39 is 17.7 Å². The Morgan fingerprint density at radius 3 is 2.81 bits per heavy atom. The van der Waals surface area contributed by atoms with Gasteiger partial charge in [-0.1, -0.05) is 6.07 Å². The van der Waals surface area contributed by atoms with Crippen LogP contribution in [0.1, 0.15) is 28.4 Å². The number of Topliss-reactive ketones (excluding diaryl/α,β-unsaturated/α-hetero) is 1. The van der Waals surface area contributed by atoms with Crippen molar-refractivity contribution in [1.29, 1.82) is 0 Å². The van der Waals surface area contributed by atoms with Gasteiger partial charge in [0.15, 0.2) is 17.3 Å². The lowest BCUT2D eigenvalue weighted by molar-refractivity contribution is 0.0849. The van der Waals surface area contributed by atoms with Crippen molar-refractivity contribution < 1.29 is 23.8 Å². The van der Waals surface area contributed by atoms with Crippen molar-refractivity contribution in [3.8, 4) is 17.2 Å². The third-order valence-corrected chi connectivity index (χ3v) is 3.47. The lowest BCUT2D eigenvalue weighted by atomic mass is 9.96. The summed E-state index contributed by atoms with van der Waals surface area (Å²) in [4.78, 5) is 12.2. The number of ketones is 1. The number of hydrogen-bond donors (Lipinski definition) is 1. The molecule has 21 heavy (non-hydrogen) atoms. The highest BCUT2D eigenvalue weighted by Crippen LogP contribution is 2.37. The molecule has 0 fully saturated rings. The maximum absolute atomic E-state index is 13.4. The average molecular weight is 288 g/mol. The van der Waals surface area contributed by atoms with Crippen molar-refractivity contribution in [3.63, 3.8) is 0 Å². The summed E-state index contributed by atoms with van der Waals surface area (Å²) in [6, 6.07) is 8.96. The number of fused-ring (bicyclic) bond motifs is 1. The van der Waals surface area contributed by atoms with E-state index in [4.69, 9.17) is 9.47 Å². The molecule has 1 N–H and O–H groups in total. The number of benzene rings is 2. The number of hydrogen-bond acceptors (Lipinski definition) is 4. The second-order valence-electron chi connectivity index (χ2n) is 4.81. The maximum Gasteiger partial charge on any atom is 0.170 e. The van der Waals surface area contributed by atoms with Crippen molar-refractivity contribution in [2.24, 2.45) is 0 Å². The fourth-order valence-corrected chi connectivity index (χ4v) is 2.34. The zero-order chi connectivity index (χ0) is 15.0. The van der Waals surface area contributed by atoms with Crippen LogP contribution in [0.4, 0.5) is 4.39 Å². The van der Waals surface area contributed by atoms with E-state index in [1.807, 2.05) is 0 Å². The Bertz CT molecular complexity index is 711. The highest BCUT2D eigenvalue weighted by Gasteiger charge is 2.28. The van der Waals surface area contributed by atoms with Crippen molar-refractivity contribution in [2.45, 2.75) is 12.5 Å². The van der Waals surface area contributed by atoms with E-state index in [9.17, 15) is 14.3 Å². The predicted octanol–water partition coefficient (Wildman–Crippen LogP) is 3.25. The smallest absolute Gasteiger partial charge is 0.170 e. The van der Waals surface area contributed by atoms with Crippen molar-refractivity contribution in [3.05, 3.63) is 53.3 Å². The first-order chi connectivity index (χ1) is 10.1. The summed E-state index contributed by atoms with van der Waals surface area (Å²) in [6.07, 6.45) is -0.448. The van der Waals surface area contributed by atoms with Gasteiger partial charge in [0.05, 0.1) is 19.1 Å². The summed E-state index contributed by atoms with van der Waals surface area (Å²) < 4.78 is 24.3. The van der Waals surface area contributed by atoms with Crippen LogP contribution in [0, 0.1) is 5.82 Å². The standard InChI is InChI=1S/C16H13FO4/c1-20-10-3-4-11-14(19)8-15(21-16(11)7-10)9-2-5-13(18)12(17)6-9/h2-7,15,18H,8H2,1H3. The lowest BCUT2D eigenvalue weighted by Gasteiger charge is -2.26. The number of methoxy groups -OCH3 is 1. The minimum atomic E-state index is -0.736. The van der Waals surface area contributed by atoms with Crippen LogP contribution in [0.3, 0.4) is 0 Å². The third kappa shape index (κ3) is 2.42. The number of aromatic hydroxyl groups is 1. The fraction of sp³-hybridized carbons (Fsp3) is 0.188. The van der Waals surface area contributed by atoms with Crippen LogP contribution in [0.25, 0.3) is 0 Å². The molecule has 0 bridgehead atoms. The molecular formula is C16H13FO4. The van der Waals surface area contributed by atoms with Crippen molar-refractivity contribution in [2.75, 3.05) is 7.11 Å². The Morgan fingerprint density at radius 1 is 1.29 bits per heavy atom. The van der Waals surface area contributed by atoms with Gasteiger partial charge in [-0.05, 0) is 29.8 Å². The number of ether oxygens (including phenoxy) is 2. The van der Waals surface area contributed by atoms with E-state index >= 15 is 0 Å². The van der Waals surface area contributed by atoms with Gasteiger partial charge in [0, 0.05) is 6.07 Å². The number of halogens is 1. The highest BCUT2D eigenvalue weighted by molar-refractivity contribution is 6.00. The largest absolute Gasteiger partial charge is 0.505 e. The molecule has 0 saturated carbocycles. The zero-order valence-electron chi connectivity index (χ0n) is 11.3. The lowest BCUT2D eigenvalue weighted by Crippen LogP contribution is -2.20. The van der Waals surface area contributed by atoms with Crippen LogP contribution in [0.5, 0.6) is 17.2 Å². The van der Waals surface area contributed by atoms with Gasteiger partial charge in [0.25, 0.3) is 0 Å². The van der Waals surface area contributed by atoms with Gasteiger partial charge in [0.1, 0.15) is 17.6 Å². The number of carbonyl (C=O) groups is 1. The van der Waals surface area contributed by atoms with Crippen molar-refractivity contribution in [1.82, 2.24) is 0 Å². The predicted molar refractivity (Wildman–Crippen MR) is 73.4 cm³/mol. The van der Waals surface area contributed by atoms with E-state index in [2.05, 4.69) is 0 Å². The van der Waals surface area contributed by atoms with E-state index in [0.717, 1.165) is 0 Å². The van der Waals surface area contributed by atoms with Gasteiger partial charge < -0.3 is 14.6 Å². The minimum absolute atomic E-state index is 0.0719. The normalized spacial score (nSPS) is 17.0. The summed E-state index contributed by atoms with van der Waals surface area (Å²) >= 11 is 0. The molecule has 0 amide bonds. The van der Waals surface area contributed by atoms with Gasteiger partial charge in [-0.15, -0.1) is 0 Å². The molecule has 1 unspecified atom stereocenters. The minimum Gasteiger partial charge on any atom is -0.505 e. The molecule has 1 heterocycles. The Morgan fingerprint density at radius 2 is 2.10 bits per heavy atom. The second-order valence-corrected chi connectivity index (χ2v) is 4.81. The molecule has 1 atom stereocenters. The van der Waals surface area contributed by atoms with Gasteiger partial charge in [-0.2, -0.15) is 0 Å². The Hall–Kier alpha value is -2.56. The quantitative estimate of drug-likeness (QED) is 0.921. The monoisotopic (exact) mass is 288 g/mol. The zero-order valence-corrected chi connectivity index (χ0v) is 11.3. The Labute approximate surface area is 120 Å². The molecule has 2 aromatic carbocycles. The van der Waals surface area contributed by atoms with Crippen LogP contribution < -0.4 is 9.47 Å². The first kappa shape index (κ1) is 13.4. The molecule has 0 radical (unpaired) electrons. The van der Waals surface area contributed by atoms with Gasteiger partial charge in [0.2, 0.25) is 0 Å². The topological polar surface area (TPSA) is 55.8 Å². The van der Waals surface area contributed by atoms with Crippen LogP contribution in [0.2, 0.25) is 0 Å².